The third-order valence-electron chi connectivity index (χ3n) is 2.43. The molecule has 0 atom stereocenters. The Morgan fingerprint density at radius 3 is 1.94 bits per heavy atom. The van der Waals surface area contributed by atoms with Crippen LogP contribution in [0.3, 0.4) is 0 Å². The zero-order chi connectivity index (χ0) is 12.8. The van der Waals surface area contributed by atoms with E-state index in [0.717, 1.165) is 0 Å². The standard InChI is InChI=1S/C12H14O5/c1-17-10-4-2-8(3-5-10)9(6-11(13)14)7-12(15)16/h2-5,9H,6-7H2,1H3,(H,13,14)(H,15,16). The van der Waals surface area contributed by atoms with Crippen molar-refractivity contribution in [2.75, 3.05) is 7.11 Å². The predicted octanol–water partition coefficient (Wildman–Crippen LogP) is 1.73. The van der Waals surface area contributed by atoms with Crippen molar-refractivity contribution in [3.8, 4) is 5.75 Å². The maximum Gasteiger partial charge on any atom is 0.303 e. The molecule has 0 aliphatic heterocycles. The SMILES string of the molecule is COc1ccc(C(CC(=O)O)CC(=O)O)cc1. The first kappa shape index (κ1) is 13.0. The quantitative estimate of drug-likeness (QED) is 0.788. The van der Waals surface area contributed by atoms with E-state index in [-0.39, 0.29) is 12.8 Å². The zero-order valence-corrected chi connectivity index (χ0v) is 9.42. The first-order valence-electron chi connectivity index (χ1n) is 5.10. The Labute approximate surface area is 98.6 Å². The average molecular weight is 238 g/mol. The number of ether oxygens (including phenoxy) is 1. The van der Waals surface area contributed by atoms with Gasteiger partial charge < -0.3 is 14.9 Å². The van der Waals surface area contributed by atoms with Crippen LogP contribution in [0, 0.1) is 0 Å². The molecule has 5 heteroatoms. The van der Waals surface area contributed by atoms with Crippen LogP contribution in [-0.2, 0) is 9.59 Å². The lowest BCUT2D eigenvalue weighted by Gasteiger charge is -2.13. The summed E-state index contributed by atoms with van der Waals surface area (Å²) < 4.78 is 4.98. The van der Waals surface area contributed by atoms with Gasteiger partial charge in [0.05, 0.1) is 20.0 Å². The highest BCUT2D eigenvalue weighted by molar-refractivity contribution is 5.72. The van der Waals surface area contributed by atoms with Crippen LogP contribution in [0.4, 0.5) is 0 Å². The van der Waals surface area contributed by atoms with E-state index in [2.05, 4.69) is 0 Å². The molecule has 0 bridgehead atoms. The van der Waals surface area contributed by atoms with Gasteiger partial charge in [-0.2, -0.15) is 0 Å². The van der Waals surface area contributed by atoms with Gasteiger partial charge in [0, 0.05) is 5.92 Å². The van der Waals surface area contributed by atoms with Crippen molar-refractivity contribution in [3.05, 3.63) is 29.8 Å². The van der Waals surface area contributed by atoms with Gasteiger partial charge >= 0.3 is 11.9 Å². The molecular formula is C12H14O5. The van der Waals surface area contributed by atoms with Crippen LogP contribution >= 0.6 is 0 Å². The van der Waals surface area contributed by atoms with Gasteiger partial charge in [0.25, 0.3) is 0 Å². The molecule has 0 unspecified atom stereocenters. The summed E-state index contributed by atoms with van der Waals surface area (Å²) in [6.45, 7) is 0. The van der Waals surface area contributed by atoms with Crippen molar-refractivity contribution in [2.24, 2.45) is 0 Å². The molecule has 2 N–H and O–H groups in total. The van der Waals surface area contributed by atoms with E-state index in [0.29, 0.717) is 11.3 Å². The topological polar surface area (TPSA) is 83.8 Å². The summed E-state index contributed by atoms with van der Waals surface area (Å²) in [4.78, 5) is 21.3. The number of hydrogen-bond acceptors (Lipinski definition) is 3. The van der Waals surface area contributed by atoms with Gasteiger partial charge in [0.1, 0.15) is 5.75 Å². The Bertz CT molecular complexity index is 380. The molecular weight excluding hydrogens is 224 g/mol. The molecule has 1 aromatic rings. The number of carbonyl (C=O) groups is 2. The number of rotatable bonds is 6. The maximum atomic E-state index is 10.7. The van der Waals surface area contributed by atoms with Crippen molar-refractivity contribution in [1.82, 2.24) is 0 Å². The zero-order valence-electron chi connectivity index (χ0n) is 9.42. The van der Waals surface area contributed by atoms with E-state index >= 15 is 0 Å². The maximum absolute atomic E-state index is 10.7. The fourth-order valence-corrected chi connectivity index (χ4v) is 1.61. The Morgan fingerprint density at radius 2 is 1.59 bits per heavy atom. The molecule has 1 rings (SSSR count). The summed E-state index contributed by atoms with van der Waals surface area (Å²) in [6, 6.07) is 6.75. The highest BCUT2D eigenvalue weighted by Gasteiger charge is 2.18. The lowest BCUT2D eigenvalue weighted by molar-refractivity contribution is -0.139. The smallest absolute Gasteiger partial charge is 0.303 e. The van der Waals surface area contributed by atoms with E-state index in [1.54, 1.807) is 24.3 Å². The Balaban J connectivity index is 2.86. The minimum absolute atomic E-state index is 0.196. The lowest BCUT2D eigenvalue weighted by atomic mass is 9.92. The van der Waals surface area contributed by atoms with Gasteiger partial charge in [0.2, 0.25) is 0 Å². The Kier molecular flexibility index (Phi) is 4.51. The van der Waals surface area contributed by atoms with Crippen molar-refractivity contribution < 1.29 is 24.5 Å². The van der Waals surface area contributed by atoms with E-state index in [1.165, 1.54) is 7.11 Å². The number of hydrogen-bond donors (Lipinski definition) is 2. The molecule has 92 valence electrons. The normalized spacial score (nSPS) is 10.2. The highest BCUT2D eigenvalue weighted by atomic mass is 16.5. The van der Waals surface area contributed by atoms with Crippen molar-refractivity contribution in [2.45, 2.75) is 18.8 Å². The molecule has 0 fully saturated rings. The molecule has 0 aliphatic rings. The van der Waals surface area contributed by atoms with Crippen LogP contribution < -0.4 is 4.74 Å². The van der Waals surface area contributed by atoms with E-state index in [1.807, 2.05) is 0 Å². The van der Waals surface area contributed by atoms with Gasteiger partial charge in [-0.15, -0.1) is 0 Å². The third kappa shape index (κ3) is 4.14. The second-order valence-corrected chi connectivity index (χ2v) is 3.67. The summed E-state index contributed by atoms with van der Waals surface area (Å²) >= 11 is 0. The minimum atomic E-state index is -1.01. The van der Waals surface area contributed by atoms with Gasteiger partial charge in [-0.1, -0.05) is 12.1 Å². The van der Waals surface area contributed by atoms with Crippen molar-refractivity contribution >= 4 is 11.9 Å². The first-order chi connectivity index (χ1) is 8.02. The monoisotopic (exact) mass is 238 g/mol. The van der Waals surface area contributed by atoms with Crippen LogP contribution in [0.25, 0.3) is 0 Å². The Hall–Kier alpha value is -2.04. The van der Waals surface area contributed by atoms with Crippen molar-refractivity contribution in [1.29, 1.82) is 0 Å². The summed E-state index contributed by atoms with van der Waals surface area (Å²) in [7, 11) is 1.53. The fraction of sp³-hybridized carbons (Fsp3) is 0.333. The van der Waals surface area contributed by atoms with Crippen molar-refractivity contribution in [3.63, 3.8) is 0 Å². The number of carboxylic acids is 2. The molecule has 0 saturated heterocycles. The van der Waals surface area contributed by atoms with Crippen LogP contribution in [-0.4, -0.2) is 29.3 Å². The van der Waals surface area contributed by atoms with Gasteiger partial charge in [-0.3, -0.25) is 9.59 Å². The highest BCUT2D eigenvalue weighted by Crippen LogP contribution is 2.25. The summed E-state index contributed by atoms with van der Waals surface area (Å²) in [5.74, 6) is -1.88. The third-order valence-corrected chi connectivity index (χ3v) is 2.43. The van der Waals surface area contributed by atoms with E-state index in [9.17, 15) is 9.59 Å². The summed E-state index contributed by atoms with van der Waals surface area (Å²) in [5, 5.41) is 17.5. The Morgan fingerprint density at radius 1 is 1.12 bits per heavy atom. The van der Waals surface area contributed by atoms with E-state index in [4.69, 9.17) is 14.9 Å². The van der Waals surface area contributed by atoms with Crippen LogP contribution in [0.1, 0.15) is 24.3 Å². The number of methoxy groups -OCH3 is 1. The summed E-state index contributed by atoms with van der Waals surface area (Å²) in [5.41, 5.74) is 0.690. The molecule has 0 aliphatic carbocycles. The molecule has 5 nitrogen and oxygen atoms in total. The molecule has 0 heterocycles. The number of carboxylic acid groups (broad SMARTS) is 2. The van der Waals surface area contributed by atoms with E-state index < -0.39 is 17.9 Å². The van der Waals surface area contributed by atoms with Crippen LogP contribution in [0.15, 0.2) is 24.3 Å². The average Bonchev–Trinajstić information content (AvgIpc) is 2.27. The van der Waals surface area contributed by atoms with Gasteiger partial charge in [-0.05, 0) is 17.7 Å². The second kappa shape index (κ2) is 5.89. The van der Waals surface area contributed by atoms with Gasteiger partial charge in [0.15, 0.2) is 0 Å². The number of benzene rings is 1. The lowest BCUT2D eigenvalue weighted by Crippen LogP contribution is -2.11. The second-order valence-electron chi connectivity index (χ2n) is 3.67. The van der Waals surface area contributed by atoms with Crippen LogP contribution in [0.5, 0.6) is 5.75 Å². The fourth-order valence-electron chi connectivity index (χ4n) is 1.61. The minimum Gasteiger partial charge on any atom is -0.497 e. The molecule has 0 saturated carbocycles. The first-order valence-corrected chi connectivity index (χ1v) is 5.10. The molecule has 1 aromatic carbocycles. The summed E-state index contributed by atoms with van der Waals surface area (Å²) in [6.07, 6.45) is -0.392. The predicted molar refractivity (Wildman–Crippen MR) is 60.2 cm³/mol. The number of aliphatic carboxylic acids is 2. The largest absolute Gasteiger partial charge is 0.497 e. The molecule has 0 radical (unpaired) electrons. The van der Waals surface area contributed by atoms with Crippen LogP contribution in [0.2, 0.25) is 0 Å². The van der Waals surface area contributed by atoms with Gasteiger partial charge in [-0.25, -0.2) is 0 Å². The molecule has 0 spiro atoms. The molecule has 0 amide bonds. The molecule has 0 aromatic heterocycles. The molecule has 17 heavy (non-hydrogen) atoms.